The summed E-state index contributed by atoms with van der Waals surface area (Å²) >= 11 is 3.37. The summed E-state index contributed by atoms with van der Waals surface area (Å²) in [6.07, 6.45) is 1.62. The molecule has 0 heterocycles. The highest BCUT2D eigenvalue weighted by Crippen LogP contribution is 2.26. The van der Waals surface area contributed by atoms with Crippen LogP contribution in [0.15, 0.2) is 94.3 Å². The number of anilines is 1. The zero-order valence-electron chi connectivity index (χ0n) is 16.4. The van der Waals surface area contributed by atoms with E-state index in [1.807, 2.05) is 30.3 Å². The van der Waals surface area contributed by atoms with Crippen LogP contribution >= 0.6 is 15.9 Å². The van der Waals surface area contributed by atoms with Crippen LogP contribution in [0.5, 0.6) is 0 Å². The number of sulfonamides is 1. The third-order valence-corrected chi connectivity index (χ3v) is 6.80. The van der Waals surface area contributed by atoms with Crippen molar-refractivity contribution in [2.75, 3.05) is 17.4 Å². The number of hydrogen-bond donors (Lipinski definition) is 1. The fourth-order valence-electron chi connectivity index (χ4n) is 3.02. The molecule has 7 heteroatoms. The van der Waals surface area contributed by atoms with Gasteiger partial charge in [0.25, 0.3) is 10.0 Å². The lowest BCUT2D eigenvalue weighted by Crippen LogP contribution is -2.41. The van der Waals surface area contributed by atoms with E-state index in [9.17, 15) is 13.2 Å². The zero-order valence-corrected chi connectivity index (χ0v) is 18.8. The first-order valence-electron chi connectivity index (χ1n) is 9.61. The van der Waals surface area contributed by atoms with Crippen molar-refractivity contribution < 1.29 is 13.2 Å². The van der Waals surface area contributed by atoms with Crippen LogP contribution < -0.4 is 9.62 Å². The van der Waals surface area contributed by atoms with Gasteiger partial charge >= 0.3 is 0 Å². The highest BCUT2D eigenvalue weighted by Gasteiger charge is 2.27. The Balaban J connectivity index is 1.70. The molecule has 0 aromatic heterocycles. The topological polar surface area (TPSA) is 66.5 Å². The molecule has 3 aromatic rings. The Morgan fingerprint density at radius 3 is 2.23 bits per heavy atom. The lowest BCUT2D eigenvalue weighted by molar-refractivity contribution is -0.119. The minimum atomic E-state index is -3.89. The average Bonchev–Trinajstić information content (AvgIpc) is 2.76. The van der Waals surface area contributed by atoms with E-state index in [0.717, 1.165) is 21.6 Å². The van der Waals surface area contributed by atoms with Gasteiger partial charge in [-0.25, -0.2) is 8.42 Å². The Hall–Kier alpha value is -2.64. The van der Waals surface area contributed by atoms with E-state index in [1.54, 1.807) is 42.5 Å². The van der Waals surface area contributed by atoms with Gasteiger partial charge < -0.3 is 5.32 Å². The lowest BCUT2D eigenvalue weighted by Gasteiger charge is -2.24. The van der Waals surface area contributed by atoms with Gasteiger partial charge in [-0.3, -0.25) is 9.10 Å². The molecule has 0 bridgehead atoms. The van der Waals surface area contributed by atoms with Gasteiger partial charge in [0, 0.05) is 11.0 Å². The van der Waals surface area contributed by atoms with E-state index >= 15 is 0 Å². The minimum absolute atomic E-state index is 0.141. The van der Waals surface area contributed by atoms with Crippen LogP contribution in [-0.2, 0) is 21.2 Å². The van der Waals surface area contributed by atoms with Crippen molar-refractivity contribution in [1.29, 1.82) is 0 Å². The van der Waals surface area contributed by atoms with E-state index < -0.39 is 10.0 Å². The number of carbonyl (C=O) groups is 1. The van der Waals surface area contributed by atoms with Crippen molar-refractivity contribution in [1.82, 2.24) is 5.32 Å². The van der Waals surface area contributed by atoms with Crippen molar-refractivity contribution in [3.8, 4) is 0 Å². The molecule has 0 aliphatic rings. The summed E-state index contributed by atoms with van der Waals surface area (Å²) in [7, 11) is -3.89. The first-order valence-corrected chi connectivity index (χ1v) is 11.8. The number of nitrogens with zero attached hydrogens (tertiary/aromatic N) is 1. The number of nitrogens with one attached hydrogen (secondary N) is 1. The van der Waals surface area contributed by atoms with Crippen LogP contribution in [0.4, 0.5) is 5.69 Å². The summed E-state index contributed by atoms with van der Waals surface area (Å²) in [5.74, 6) is -0.345. The lowest BCUT2D eigenvalue weighted by atomic mass is 10.1. The number of rotatable bonds is 9. The Morgan fingerprint density at radius 1 is 0.900 bits per heavy atom. The van der Waals surface area contributed by atoms with Crippen LogP contribution in [0.25, 0.3) is 0 Å². The maximum absolute atomic E-state index is 13.2. The maximum atomic E-state index is 13.2. The normalized spacial score (nSPS) is 11.1. The van der Waals surface area contributed by atoms with Gasteiger partial charge in [0.15, 0.2) is 0 Å². The molecule has 3 aromatic carbocycles. The molecule has 0 saturated heterocycles. The molecule has 0 saturated carbocycles. The van der Waals surface area contributed by atoms with Crippen molar-refractivity contribution in [3.63, 3.8) is 0 Å². The average molecular weight is 487 g/mol. The number of carbonyl (C=O) groups excluding carboxylic acids is 1. The number of aryl methyl sites for hydroxylation is 1. The van der Waals surface area contributed by atoms with Gasteiger partial charge in [-0.05, 0) is 48.7 Å². The molecule has 0 atom stereocenters. The fraction of sp³-hybridized carbons (Fsp3) is 0.174. The third-order valence-electron chi connectivity index (χ3n) is 4.52. The molecule has 0 aliphatic carbocycles. The molecular formula is C23H23BrN2O3S. The number of amides is 1. The molecule has 0 unspecified atom stereocenters. The summed E-state index contributed by atoms with van der Waals surface area (Å²) in [6.45, 7) is 0.185. The predicted molar refractivity (Wildman–Crippen MR) is 123 cm³/mol. The molecule has 0 spiro atoms. The van der Waals surface area contributed by atoms with E-state index in [0.29, 0.717) is 12.2 Å². The van der Waals surface area contributed by atoms with Crippen LogP contribution in [0.2, 0.25) is 0 Å². The van der Waals surface area contributed by atoms with Crippen molar-refractivity contribution in [3.05, 3.63) is 95.0 Å². The van der Waals surface area contributed by atoms with Crippen molar-refractivity contribution >= 4 is 37.5 Å². The number of benzene rings is 3. The SMILES string of the molecule is O=C(CN(c1cccc(Br)c1)S(=O)(=O)c1ccccc1)NCCCc1ccccc1. The summed E-state index contributed by atoms with van der Waals surface area (Å²) in [5.41, 5.74) is 1.63. The molecule has 156 valence electrons. The van der Waals surface area contributed by atoms with Crippen LogP contribution in [0.1, 0.15) is 12.0 Å². The minimum Gasteiger partial charge on any atom is -0.355 e. The summed E-state index contributed by atoms with van der Waals surface area (Å²) in [6, 6.07) is 25.1. The molecule has 0 fully saturated rings. The molecule has 30 heavy (non-hydrogen) atoms. The Labute approximate surface area is 185 Å². The Kier molecular flexibility index (Phi) is 7.65. The highest BCUT2D eigenvalue weighted by molar-refractivity contribution is 9.10. The van der Waals surface area contributed by atoms with E-state index in [-0.39, 0.29) is 17.3 Å². The van der Waals surface area contributed by atoms with Gasteiger partial charge in [0.2, 0.25) is 5.91 Å². The van der Waals surface area contributed by atoms with Gasteiger partial charge in [-0.1, -0.05) is 70.5 Å². The molecule has 5 nitrogen and oxygen atoms in total. The van der Waals surface area contributed by atoms with E-state index in [4.69, 9.17) is 0 Å². The maximum Gasteiger partial charge on any atom is 0.264 e. The molecule has 3 rings (SSSR count). The second-order valence-corrected chi connectivity index (χ2v) is 9.52. The molecule has 0 radical (unpaired) electrons. The van der Waals surface area contributed by atoms with Crippen LogP contribution in [0, 0.1) is 0 Å². The quantitative estimate of drug-likeness (QED) is 0.456. The highest BCUT2D eigenvalue weighted by atomic mass is 79.9. The molecule has 0 aliphatic heterocycles. The predicted octanol–water partition coefficient (Wildman–Crippen LogP) is 4.39. The molecular weight excluding hydrogens is 464 g/mol. The van der Waals surface area contributed by atoms with Crippen LogP contribution in [0.3, 0.4) is 0 Å². The van der Waals surface area contributed by atoms with Crippen LogP contribution in [-0.4, -0.2) is 27.4 Å². The van der Waals surface area contributed by atoms with E-state index in [1.165, 1.54) is 17.7 Å². The Bertz CT molecular complexity index is 1070. The zero-order chi connectivity index (χ0) is 21.4. The molecule has 1 N–H and O–H groups in total. The molecule has 1 amide bonds. The second kappa shape index (κ2) is 10.4. The number of hydrogen-bond acceptors (Lipinski definition) is 3. The first-order chi connectivity index (χ1) is 14.5. The van der Waals surface area contributed by atoms with E-state index in [2.05, 4.69) is 21.2 Å². The van der Waals surface area contributed by atoms with Gasteiger partial charge in [0.05, 0.1) is 10.6 Å². The largest absolute Gasteiger partial charge is 0.355 e. The third kappa shape index (κ3) is 5.93. The fourth-order valence-corrected chi connectivity index (χ4v) is 4.84. The first kappa shape index (κ1) is 22.1. The van der Waals surface area contributed by atoms with Gasteiger partial charge in [-0.15, -0.1) is 0 Å². The second-order valence-electron chi connectivity index (χ2n) is 6.74. The van der Waals surface area contributed by atoms with Crippen molar-refractivity contribution in [2.45, 2.75) is 17.7 Å². The van der Waals surface area contributed by atoms with Gasteiger partial charge in [-0.2, -0.15) is 0 Å². The Morgan fingerprint density at radius 2 is 1.57 bits per heavy atom. The number of halogens is 1. The van der Waals surface area contributed by atoms with Crippen molar-refractivity contribution in [2.24, 2.45) is 0 Å². The monoisotopic (exact) mass is 486 g/mol. The summed E-state index contributed by atoms with van der Waals surface area (Å²) < 4.78 is 28.3. The summed E-state index contributed by atoms with van der Waals surface area (Å²) in [4.78, 5) is 12.7. The van der Waals surface area contributed by atoms with Gasteiger partial charge in [0.1, 0.15) is 6.54 Å². The summed E-state index contributed by atoms with van der Waals surface area (Å²) in [5, 5.41) is 2.83. The standard InChI is InChI=1S/C23H23BrN2O3S/c24-20-12-7-13-21(17-20)26(30(28,29)22-14-5-2-6-15-22)18-23(27)25-16-8-11-19-9-3-1-4-10-19/h1-7,9-10,12-15,17H,8,11,16,18H2,(H,25,27). The smallest absolute Gasteiger partial charge is 0.264 e.